The molecule has 0 spiro atoms. The zero-order valence-electron chi connectivity index (χ0n) is 10.9. The largest absolute Gasteiger partial charge is 0.465 e. The number of nitrogen functional groups attached to an aromatic ring is 1. The van der Waals surface area contributed by atoms with Crippen LogP contribution in [0.1, 0.15) is 20.7 Å². The Morgan fingerprint density at radius 3 is 2.50 bits per heavy atom. The molecule has 0 unspecified atom stereocenters. The molecule has 0 fully saturated rings. The number of esters is 1. The molecule has 0 atom stereocenters. The summed E-state index contributed by atoms with van der Waals surface area (Å²) in [6, 6.07) is 6.29. The van der Waals surface area contributed by atoms with Crippen LogP contribution in [0.5, 0.6) is 0 Å². The van der Waals surface area contributed by atoms with Gasteiger partial charge < -0.3 is 10.5 Å². The minimum absolute atomic E-state index is 0.0287. The number of aromatic nitrogens is 3. The van der Waals surface area contributed by atoms with Crippen LogP contribution < -0.4 is 5.73 Å². The number of hydrogen-bond donors (Lipinski definition) is 1. The highest BCUT2D eigenvalue weighted by molar-refractivity contribution is 7.98. The van der Waals surface area contributed by atoms with E-state index in [1.165, 1.54) is 31.0 Å². The van der Waals surface area contributed by atoms with E-state index in [0.717, 1.165) is 4.68 Å². The van der Waals surface area contributed by atoms with Crippen LogP contribution >= 0.6 is 11.8 Å². The molecular formula is C12H12N4O3S. The fourth-order valence-corrected chi connectivity index (χ4v) is 1.96. The number of thioether (sulfide) groups is 1. The summed E-state index contributed by atoms with van der Waals surface area (Å²) in [5, 5.41) is 4.35. The fraction of sp³-hybridized carbons (Fsp3) is 0.167. The molecule has 20 heavy (non-hydrogen) atoms. The van der Waals surface area contributed by atoms with Crippen LogP contribution in [-0.4, -0.2) is 40.0 Å². The van der Waals surface area contributed by atoms with Crippen LogP contribution in [0.4, 0.5) is 5.95 Å². The monoisotopic (exact) mass is 292 g/mol. The molecule has 1 aromatic carbocycles. The van der Waals surface area contributed by atoms with Crippen molar-refractivity contribution < 1.29 is 14.3 Å². The number of ether oxygens (including phenoxy) is 1. The number of hydrogen-bond acceptors (Lipinski definition) is 7. The minimum atomic E-state index is -0.599. The molecule has 0 saturated heterocycles. The Balaban J connectivity index is 2.48. The molecule has 7 nitrogen and oxygen atoms in total. The number of anilines is 1. The number of nitrogens with zero attached hydrogens (tertiary/aromatic N) is 3. The predicted molar refractivity (Wildman–Crippen MR) is 73.7 cm³/mol. The molecule has 8 heteroatoms. The highest BCUT2D eigenvalue weighted by Crippen LogP contribution is 2.16. The summed E-state index contributed by atoms with van der Waals surface area (Å²) < 4.78 is 5.61. The lowest BCUT2D eigenvalue weighted by Crippen LogP contribution is -2.20. The molecular weight excluding hydrogens is 280 g/mol. The van der Waals surface area contributed by atoms with Gasteiger partial charge in [-0.3, -0.25) is 4.79 Å². The third kappa shape index (κ3) is 2.50. The molecule has 104 valence electrons. The molecule has 0 aliphatic heterocycles. The van der Waals surface area contributed by atoms with Gasteiger partial charge >= 0.3 is 5.97 Å². The third-order valence-corrected chi connectivity index (χ3v) is 3.09. The van der Waals surface area contributed by atoms with Gasteiger partial charge in [0.15, 0.2) is 0 Å². The lowest BCUT2D eigenvalue weighted by atomic mass is 10.1. The first kappa shape index (κ1) is 14.1. The Morgan fingerprint density at radius 1 is 1.30 bits per heavy atom. The molecule has 2 N–H and O–H groups in total. The smallest absolute Gasteiger partial charge is 0.338 e. The van der Waals surface area contributed by atoms with Crippen molar-refractivity contribution in [3.63, 3.8) is 0 Å². The summed E-state index contributed by atoms with van der Waals surface area (Å²) in [5.74, 6) is -1.16. The van der Waals surface area contributed by atoms with Gasteiger partial charge in [0.1, 0.15) is 0 Å². The van der Waals surface area contributed by atoms with Gasteiger partial charge in [-0.15, -0.1) is 5.10 Å². The van der Waals surface area contributed by atoms with E-state index in [0.29, 0.717) is 5.16 Å². The van der Waals surface area contributed by atoms with Crippen molar-refractivity contribution in [1.82, 2.24) is 14.8 Å². The Labute approximate surface area is 119 Å². The van der Waals surface area contributed by atoms with E-state index in [2.05, 4.69) is 14.8 Å². The Bertz CT molecular complexity index is 668. The zero-order chi connectivity index (χ0) is 14.7. The predicted octanol–water partition coefficient (Wildman–Crippen LogP) is 1.06. The van der Waals surface area contributed by atoms with E-state index < -0.39 is 11.9 Å². The van der Waals surface area contributed by atoms with Crippen molar-refractivity contribution in [3.05, 3.63) is 35.4 Å². The maximum atomic E-state index is 12.4. The number of rotatable bonds is 3. The van der Waals surface area contributed by atoms with Gasteiger partial charge in [0, 0.05) is 0 Å². The topological polar surface area (TPSA) is 100 Å². The third-order valence-electron chi connectivity index (χ3n) is 2.55. The van der Waals surface area contributed by atoms with Crippen LogP contribution in [0, 0.1) is 0 Å². The molecule has 2 aromatic rings. The number of benzene rings is 1. The van der Waals surface area contributed by atoms with E-state index in [9.17, 15) is 9.59 Å². The van der Waals surface area contributed by atoms with E-state index in [1.807, 2.05) is 0 Å². The number of carbonyl (C=O) groups is 2. The van der Waals surface area contributed by atoms with E-state index in [1.54, 1.807) is 18.4 Å². The Kier molecular flexibility index (Phi) is 4.04. The Hall–Kier alpha value is -2.35. The van der Waals surface area contributed by atoms with Gasteiger partial charge in [-0.2, -0.15) is 9.67 Å². The van der Waals surface area contributed by atoms with Crippen molar-refractivity contribution in [3.8, 4) is 0 Å². The second kappa shape index (κ2) is 5.74. The molecule has 1 heterocycles. The molecule has 0 saturated carbocycles. The lowest BCUT2D eigenvalue weighted by molar-refractivity contribution is 0.0596. The van der Waals surface area contributed by atoms with E-state index in [4.69, 9.17) is 5.73 Å². The molecule has 0 bridgehead atoms. The van der Waals surface area contributed by atoms with Crippen LogP contribution in [0.2, 0.25) is 0 Å². The number of nitrogens with two attached hydrogens (primary N) is 1. The average Bonchev–Trinajstić information content (AvgIpc) is 2.86. The van der Waals surface area contributed by atoms with Crippen molar-refractivity contribution in [2.45, 2.75) is 5.16 Å². The first-order chi connectivity index (χ1) is 9.58. The number of methoxy groups -OCH3 is 1. The van der Waals surface area contributed by atoms with Gasteiger partial charge in [-0.25, -0.2) is 4.79 Å². The molecule has 0 amide bonds. The second-order valence-electron chi connectivity index (χ2n) is 3.71. The van der Waals surface area contributed by atoms with Crippen LogP contribution in [0.15, 0.2) is 29.4 Å². The van der Waals surface area contributed by atoms with Gasteiger partial charge in [0.2, 0.25) is 11.1 Å². The maximum absolute atomic E-state index is 12.4. The lowest BCUT2D eigenvalue weighted by Gasteiger charge is -2.06. The summed E-state index contributed by atoms with van der Waals surface area (Å²) in [6.45, 7) is 0. The fourth-order valence-electron chi connectivity index (χ4n) is 1.61. The second-order valence-corrected chi connectivity index (χ2v) is 4.48. The van der Waals surface area contributed by atoms with Crippen molar-refractivity contribution in [1.29, 1.82) is 0 Å². The average molecular weight is 292 g/mol. The molecule has 2 rings (SSSR count). The van der Waals surface area contributed by atoms with Crippen molar-refractivity contribution in [2.24, 2.45) is 0 Å². The SMILES string of the molecule is COC(=O)c1ccccc1C(=O)n1nc(SC)nc1N. The summed E-state index contributed by atoms with van der Waals surface area (Å²) in [6.07, 6.45) is 1.77. The highest BCUT2D eigenvalue weighted by Gasteiger charge is 2.21. The van der Waals surface area contributed by atoms with Gasteiger partial charge in [-0.05, 0) is 18.4 Å². The molecule has 0 radical (unpaired) electrons. The molecule has 0 aliphatic carbocycles. The van der Waals surface area contributed by atoms with Gasteiger partial charge in [-0.1, -0.05) is 23.9 Å². The van der Waals surface area contributed by atoms with Gasteiger partial charge in [0.05, 0.1) is 18.2 Å². The maximum Gasteiger partial charge on any atom is 0.338 e. The summed E-state index contributed by atoms with van der Waals surface area (Å²) in [7, 11) is 1.25. The Morgan fingerprint density at radius 2 is 1.95 bits per heavy atom. The van der Waals surface area contributed by atoms with Crippen LogP contribution in [0.25, 0.3) is 0 Å². The van der Waals surface area contributed by atoms with Crippen molar-refractivity contribution in [2.75, 3.05) is 19.1 Å². The summed E-state index contributed by atoms with van der Waals surface area (Å²) in [4.78, 5) is 28.0. The van der Waals surface area contributed by atoms with Crippen LogP contribution in [-0.2, 0) is 4.74 Å². The first-order valence-electron chi connectivity index (χ1n) is 5.57. The quantitative estimate of drug-likeness (QED) is 0.666. The molecule has 0 aliphatic rings. The van der Waals surface area contributed by atoms with Crippen molar-refractivity contribution >= 4 is 29.6 Å². The molecule has 1 aromatic heterocycles. The summed E-state index contributed by atoms with van der Waals surface area (Å²) in [5.41, 5.74) is 5.96. The standard InChI is InChI=1S/C12H12N4O3S/c1-19-10(18)8-6-4-3-5-7(8)9(17)16-11(13)14-12(15-16)20-2/h3-6H,1-2H3,(H2,13,14,15). The first-order valence-corrected chi connectivity index (χ1v) is 6.79. The normalized spacial score (nSPS) is 10.3. The minimum Gasteiger partial charge on any atom is -0.465 e. The highest BCUT2D eigenvalue weighted by atomic mass is 32.2. The van der Waals surface area contributed by atoms with E-state index in [-0.39, 0.29) is 17.1 Å². The zero-order valence-corrected chi connectivity index (χ0v) is 11.7. The summed E-state index contributed by atoms with van der Waals surface area (Å²) >= 11 is 1.26. The van der Waals surface area contributed by atoms with Gasteiger partial charge in [0.25, 0.3) is 5.91 Å². The number of carbonyl (C=O) groups excluding carboxylic acids is 2. The van der Waals surface area contributed by atoms with E-state index >= 15 is 0 Å². The van der Waals surface area contributed by atoms with Crippen LogP contribution in [0.3, 0.4) is 0 Å².